The van der Waals surface area contributed by atoms with Gasteiger partial charge in [-0.2, -0.15) is 9.41 Å². The van der Waals surface area contributed by atoms with E-state index in [0.29, 0.717) is 19.4 Å². The molecule has 2 aromatic rings. The van der Waals surface area contributed by atoms with Crippen molar-refractivity contribution in [2.45, 2.75) is 31.6 Å². The van der Waals surface area contributed by atoms with E-state index >= 15 is 0 Å². The molecule has 1 aliphatic rings. The molecule has 0 spiro atoms. The van der Waals surface area contributed by atoms with E-state index in [-0.39, 0.29) is 17.3 Å². The minimum atomic E-state index is -3.61. The van der Waals surface area contributed by atoms with Crippen LogP contribution in [0.25, 0.3) is 6.08 Å². The summed E-state index contributed by atoms with van der Waals surface area (Å²) in [6.45, 7) is 4.40. The van der Waals surface area contributed by atoms with Crippen LogP contribution in [0.1, 0.15) is 30.9 Å². The minimum Gasteiger partial charge on any atom is -0.273 e. The van der Waals surface area contributed by atoms with E-state index in [4.69, 9.17) is 0 Å². The Kier molecular flexibility index (Phi) is 7.18. The van der Waals surface area contributed by atoms with Crippen LogP contribution in [0.4, 0.5) is 0 Å². The maximum Gasteiger partial charge on any atom is 0.244 e. The van der Waals surface area contributed by atoms with Crippen LogP contribution in [0.3, 0.4) is 0 Å². The lowest BCUT2D eigenvalue weighted by atomic mass is 9.99. The molecule has 1 amide bonds. The molecule has 1 atom stereocenters. The fourth-order valence-corrected chi connectivity index (χ4v) is 4.90. The summed E-state index contributed by atoms with van der Waals surface area (Å²) in [5.74, 6) is -0.683. The monoisotopic (exact) mass is 425 g/mol. The van der Waals surface area contributed by atoms with Gasteiger partial charge in [0.2, 0.25) is 15.9 Å². The molecule has 2 aromatic carbocycles. The van der Waals surface area contributed by atoms with Crippen molar-refractivity contribution < 1.29 is 13.2 Å². The van der Waals surface area contributed by atoms with Gasteiger partial charge in [0.15, 0.2) is 0 Å². The first-order chi connectivity index (χ1) is 14.4. The van der Waals surface area contributed by atoms with Crippen LogP contribution in [0.5, 0.6) is 0 Å². The molecule has 7 heteroatoms. The average Bonchev–Trinajstić information content (AvgIpc) is 2.75. The highest BCUT2D eigenvalue weighted by Crippen LogP contribution is 2.24. The van der Waals surface area contributed by atoms with Gasteiger partial charge < -0.3 is 0 Å². The van der Waals surface area contributed by atoms with E-state index in [2.05, 4.69) is 10.5 Å². The molecule has 0 unspecified atom stereocenters. The molecule has 0 aromatic heterocycles. The molecule has 1 heterocycles. The number of nitrogens with one attached hydrogen (secondary N) is 1. The number of sulfonamides is 1. The van der Waals surface area contributed by atoms with Crippen LogP contribution in [-0.4, -0.2) is 37.9 Å². The van der Waals surface area contributed by atoms with Crippen molar-refractivity contribution in [2.75, 3.05) is 13.1 Å². The third-order valence-electron chi connectivity index (χ3n) is 5.05. The van der Waals surface area contributed by atoms with Crippen molar-refractivity contribution in [3.05, 3.63) is 71.3 Å². The number of aryl methyl sites for hydroxylation is 1. The van der Waals surface area contributed by atoms with Gasteiger partial charge in [0.1, 0.15) is 0 Å². The molecule has 1 N–H and O–H groups in total. The van der Waals surface area contributed by atoms with E-state index in [1.54, 1.807) is 30.5 Å². The van der Waals surface area contributed by atoms with Crippen molar-refractivity contribution in [2.24, 2.45) is 11.0 Å². The predicted octanol–water partition coefficient (Wildman–Crippen LogP) is 3.60. The van der Waals surface area contributed by atoms with E-state index in [9.17, 15) is 13.2 Å². The summed E-state index contributed by atoms with van der Waals surface area (Å²) in [5.41, 5.74) is 5.51. The van der Waals surface area contributed by atoms with Gasteiger partial charge in [0.25, 0.3) is 0 Å². The van der Waals surface area contributed by atoms with Crippen LogP contribution >= 0.6 is 0 Å². The van der Waals surface area contributed by atoms with Gasteiger partial charge in [0.05, 0.1) is 17.0 Å². The number of carbonyl (C=O) groups is 1. The lowest BCUT2D eigenvalue weighted by Crippen LogP contribution is -2.44. The lowest BCUT2D eigenvalue weighted by Gasteiger charge is -2.30. The Morgan fingerprint density at radius 1 is 1.13 bits per heavy atom. The summed E-state index contributed by atoms with van der Waals surface area (Å²) in [7, 11) is -3.61. The number of hydrazone groups is 1. The highest BCUT2D eigenvalue weighted by Gasteiger charge is 2.33. The fraction of sp³-hybridized carbons (Fsp3) is 0.304. The van der Waals surface area contributed by atoms with Gasteiger partial charge in [-0.1, -0.05) is 54.1 Å². The second-order valence-corrected chi connectivity index (χ2v) is 9.49. The van der Waals surface area contributed by atoms with Crippen molar-refractivity contribution in [1.29, 1.82) is 0 Å². The molecular weight excluding hydrogens is 398 g/mol. The maximum atomic E-state index is 12.9. The molecule has 0 aliphatic carbocycles. The molecule has 1 fully saturated rings. The minimum absolute atomic E-state index is 0.163. The molecule has 3 rings (SSSR count). The molecule has 1 saturated heterocycles. The Balaban J connectivity index is 1.60. The normalized spacial score (nSPS) is 18.5. The number of benzene rings is 2. The van der Waals surface area contributed by atoms with Gasteiger partial charge in [-0.05, 0) is 50.0 Å². The van der Waals surface area contributed by atoms with E-state index in [1.807, 2.05) is 50.3 Å². The SMILES string of the molecule is CC(/C=N\NC(=O)[C@@H]1CCCN(S(=O)(=O)c2ccc(C)cc2)C1)=C\c1ccccc1. The Morgan fingerprint density at radius 3 is 2.53 bits per heavy atom. The summed E-state index contributed by atoms with van der Waals surface area (Å²) in [6, 6.07) is 16.6. The van der Waals surface area contributed by atoms with E-state index in [0.717, 1.165) is 16.7 Å². The lowest BCUT2D eigenvalue weighted by molar-refractivity contribution is -0.126. The molecule has 0 radical (unpaired) electrons. The third kappa shape index (κ3) is 5.64. The Labute approximate surface area is 178 Å². The number of carbonyl (C=O) groups excluding carboxylic acids is 1. The second-order valence-electron chi connectivity index (χ2n) is 7.55. The molecule has 30 heavy (non-hydrogen) atoms. The summed E-state index contributed by atoms with van der Waals surface area (Å²) in [6.07, 6.45) is 4.83. The number of amides is 1. The standard InChI is InChI=1S/C23H27N3O3S/c1-18-10-12-22(13-11-18)30(28,29)26-14-6-9-21(17-26)23(27)25-24-16-19(2)15-20-7-4-3-5-8-20/h3-5,7-8,10-13,15-16,21H,6,9,14,17H2,1-2H3,(H,25,27)/b19-15+,24-16-/t21-/m1/s1. The second kappa shape index (κ2) is 9.82. The highest BCUT2D eigenvalue weighted by molar-refractivity contribution is 7.89. The van der Waals surface area contributed by atoms with Crippen LogP contribution in [-0.2, 0) is 14.8 Å². The van der Waals surface area contributed by atoms with Gasteiger partial charge in [-0.3, -0.25) is 4.79 Å². The molecule has 1 aliphatic heterocycles. The zero-order chi connectivity index (χ0) is 21.6. The number of allylic oxidation sites excluding steroid dienone is 1. The van der Waals surface area contributed by atoms with Crippen molar-refractivity contribution >= 4 is 28.2 Å². The van der Waals surface area contributed by atoms with Crippen LogP contribution in [0, 0.1) is 12.8 Å². The van der Waals surface area contributed by atoms with Gasteiger partial charge >= 0.3 is 0 Å². The number of piperidine rings is 1. The fourth-order valence-electron chi connectivity index (χ4n) is 3.37. The molecule has 6 nitrogen and oxygen atoms in total. The van der Waals surface area contributed by atoms with Crippen LogP contribution < -0.4 is 5.43 Å². The zero-order valence-corrected chi connectivity index (χ0v) is 18.1. The van der Waals surface area contributed by atoms with E-state index in [1.165, 1.54) is 4.31 Å². The first-order valence-corrected chi connectivity index (χ1v) is 11.4. The van der Waals surface area contributed by atoms with Crippen molar-refractivity contribution in [1.82, 2.24) is 9.73 Å². The first kappa shape index (κ1) is 21.9. The maximum absolute atomic E-state index is 12.9. The van der Waals surface area contributed by atoms with Crippen LogP contribution in [0.15, 0.2) is 70.2 Å². The number of rotatable bonds is 6. The Morgan fingerprint density at radius 2 is 1.83 bits per heavy atom. The van der Waals surface area contributed by atoms with Crippen LogP contribution in [0.2, 0.25) is 0 Å². The molecular formula is C23H27N3O3S. The average molecular weight is 426 g/mol. The molecule has 0 bridgehead atoms. The quantitative estimate of drug-likeness (QED) is 0.567. The van der Waals surface area contributed by atoms with Gasteiger partial charge in [-0.25, -0.2) is 13.8 Å². The summed E-state index contributed by atoms with van der Waals surface area (Å²) < 4.78 is 27.2. The zero-order valence-electron chi connectivity index (χ0n) is 17.3. The third-order valence-corrected chi connectivity index (χ3v) is 6.93. The highest BCUT2D eigenvalue weighted by atomic mass is 32.2. The van der Waals surface area contributed by atoms with Crippen molar-refractivity contribution in [3.8, 4) is 0 Å². The first-order valence-electron chi connectivity index (χ1n) is 9.99. The predicted molar refractivity (Wildman–Crippen MR) is 119 cm³/mol. The van der Waals surface area contributed by atoms with Gasteiger partial charge in [-0.15, -0.1) is 0 Å². The topological polar surface area (TPSA) is 78.8 Å². The number of nitrogens with zero attached hydrogens (tertiary/aromatic N) is 2. The van der Waals surface area contributed by atoms with Crippen molar-refractivity contribution in [3.63, 3.8) is 0 Å². The number of hydrogen-bond donors (Lipinski definition) is 1. The smallest absolute Gasteiger partial charge is 0.244 e. The number of hydrogen-bond acceptors (Lipinski definition) is 4. The Hall–Kier alpha value is -2.77. The summed E-state index contributed by atoms with van der Waals surface area (Å²) in [5, 5.41) is 4.04. The largest absolute Gasteiger partial charge is 0.273 e. The summed E-state index contributed by atoms with van der Waals surface area (Å²) in [4.78, 5) is 12.8. The Bertz CT molecular complexity index is 1030. The van der Waals surface area contributed by atoms with E-state index < -0.39 is 15.9 Å². The summed E-state index contributed by atoms with van der Waals surface area (Å²) >= 11 is 0. The molecule has 158 valence electrons. The van der Waals surface area contributed by atoms with Gasteiger partial charge in [0, 0.05) is 13.1 Å². The molecule has 0 saturated carbocycles.